The summed E-state index contributed by atoms with van der Waals surface area (Å²) in [4.78, 5) is 14.6. The Hall–Kier alpha value is -1.98. The van der Waals surface area contributed by atoms with E-state index in [9.17, 15) is 0 Å². The maximum absolute atomic E-state index is 5.74. The Morgan fingerprint density at radius 1 is 1.11 bits per heavy atom. The van der Waals surface area contributed by atoms with Crippen molar-refractivity contribution >= 4 is 0 Å². The van der Waals surface area contributed by atoms with E-state index in [4.69, 9.17) is 9.72 Å². The molecular weight excluding hydrogens is 348 g/mol. The first-order valence-electron chi connectivity index (χ1n) is 10.7. The number of ether oxygens (including phenoxy) is 1. The molecule has 4 saturated heterocycles. The number of benzene rings is 1. The molecule has 5 heterocycles. The Balaban J connectivity index is 1.48. The van der Waals surface area contributed by atoms with E-state index >= 15 is 0 Å². The fourth-order valence-electron chi connectivity index (χ4n) is 5.88. The number of aromatic nitrogens is 2. The summed E-state index contributed by atoms with van der Waals surface area (Å²) < 4.78 is 5.74. The summed E-state index contributed by atoms with van der Waals surface area (Å²) >= 11 is 0. The summed E-state index contributed by atoms with van der Waals surface area (Å²) in [6, 6.07) is 11.9. The number of aryl methyl sites for hydroxylation is 1. The third kappa shape index (κ3) is 3.01. The first-order chi connectivity index (χ1) is 13.8. The van der Waals surface area contributed by atoms with Crippen molar-refractivity contribution in [1.82, 2.24) is 19.8 Å². The molecule has 0 saturated carbocycles. The van der Waals surface area contributed by atoms with Gasteiger partial charge in [-0.2, -0.15) is 0 Å². The highest BCUT2D eigenvalue weighted by molar-refractivity contribution is 5.39. The molecule has 1 aromatic carbocycles. The highest BCUT2D eigenvalue weighted by Gasteiger charge is 2.53. The van der Waals surface area contributed by atoms with Gasteiger partial charge >= 0.3 is 0 Å². The molecule has 28 heavy (non-hydrogen) atoms. The molecule has 0 aliphatic carbocycles. The van der Waals surface area contributed by atoms with Crippen molar-refractivity contribution in [2.45, 2.75) is 50.7 Å². The Bertz CT molecular complexity index is 833. The summed E-state index contributed by atoms with van der Waals surface area (Å²) in [6.45, 7) is 6.62. The Morgan fingerprint density at radius 2 is 1.93 bits per heavy atom. The van der Waals surface area contributed by atoms with Crippen LogP contribution in [0.15, 0.2) is 36.5 Å². The number of likely N-dealkylation sites (tertiary alicyclic amines) is 1. The van der Waals surface area contributed by atoms with Crippen LogP contribution in [0.2, 0.25) is 0 Å². The number of fused-ring (bicyclic) bond motifs is 2. The first-order valence-corrected chi connectivity index (χ1v) is 10.7. The largest absolute Gasteiger partial charge is 0.496 e. The van der Waals surface area contributed by atoms with Crippen LogP contribution in [0, 0.1) is 5.92 Å². The number of hydrogen-bond donors (Lipinski definition) is 0. The zero-order valence-corrected chi connectivity index (χ0v) is 16.9. The molecule has 0 amide bonds. The zero-order valence-electron chi connectivity index (χ0n) is 16.9. The van der Waals surface area contributed by atoms with Gasteiger partial charge in [0.15, 0.2) is 0 Å². The second kappa shape index (κ2) is 7.45. The molecule has 5 heteroatoms. The van der Waals surface area contributed by atoms with Crippen LogP contribution in [-0.4, -0.2) is 58.6 Å². The van der Waals surface area contributed by atoms with Gasteiger partial charge in [-0.05, 0) is 44.0 Å². The molecule has 2 bridgehead atoms. The fraction of sp³-hybridized carbons (Fsp3) is 0.565. The van der Waals surface area contributed by atoms with Crippen molar-refractivity contribution in [2.24, 2.45) is 5.92 Å². The monoisotopic (exact) mass is 378 g/mol. The summed E-state index contributed by atoms with van der Waals surface area (Å²) in [5.74, 6) is 3.29. The molecule has 0 radical (unpaired) electrons. The van der Waals surface area contributed by atoms with Crippen LogP contribution < -0.4 is 4.74 Å². The minimum absolute atomic E-state index is 0.497. The third-order valence-corrected chi connectivity index (χ3v) is 7.08. The average Bonchev–Trinajstić information content (AvgIpc) is 3.16. The molecule has 5 nitrogen and oxygen atoms in total. The van der Waals surface area contributed by atoms with E-state index in [1.54, 1.807) is 7.11 Å². The van der Waals surface area contributed by atoms with Crippen molar-refractivity contribution in [2.75, 3.05) is 26.7 Å². The molecule has 0 N–H and O–H groups in total. The summed E-state index contributed by atoms with van der Waals surface area (Å²) in [5.41, 5.74) is 2.52. The molecule has 3 atom stereocenters. The minimum Gasteiger partial charge on any atom is -0.496 e. The molecule has 4 aliphatic heterocycles. The van der Waals surface area contributed by atoms with Crippen molar-refractivity contribution in [3.05, 3.63) is 53.6 Å². The van der Waals surface area contributed by atoms with Crippen LogP contribution >= 0.6 is 0 Å². The molecular formula is C23H30N4O. The number of piperidine rings is 3. The van der Waals surface area contributed by atoms with Crippen LogP contribution in [0.25, 0.3) is 0 Å². The highest BCUT2D eigenvalue weighted by Crippen LogP contribution is 2.48. The number of para-hydroxylation sites is 1. The molecule has 1 aromatic heterocycles. The van der Waals surface area contributed by atoms with Crippen LogP contribution in [0.3, 0.4) is 0 Å². The van der Waals surface area contributed by atoms with Crippen molar-refractivity contribution in [3.8, 4) is 5.75 Å². The van der Waals surface area contributed by atoms with E-state index < -0.39 is 0 Å². The normalized spacial score (nSPS) is 31.7. The van der Waals surface area contributed by atoms with Crippen molar-refractivity contribution in [3.63, 3.8) is 0 Å². The van der Waals surface area contributed by atoms with E-state index in [2.05, 4.69) is 52.0 Å². The molecule has 6 rings (SSSR count). The summed E-state index contributed by atoms with van der Waals surface area (Å²) in [6.07, 6.45) is 5.48. The standard InChI is InChI=1S/C23H30N4O/c1-3-21-24-11-8-17(25-21)14-27-15-19(18-6-4-5-7-20(18)28-2)23-22(27)16-9-12-26(23)13-10-16/h4-8,11,16,19,22-23H,3,9-10,12-15H2,1-2H3/t19-,22-,23-/m1/s1. The molecule has 2 aromatic rings. The van der Waals surface area contributed by atoms with E-state index in [-0.39, 0.29) is 0 Å². The van der Waals surface area contributed by atoms with Gasteiger partial charge in [0.25, 0.3) is 0 Å². The number of rotatable bonds is 5. The van der Waals surface area contributed by atoms with E-state index in [1.807, 2.05) is 6.20 Å². The lowest BCUT2D eigenvalue weighted by atomic mass is 9.75. The van der Waals surface area contributed by atoms with Crippen molar-refractivity contribution in [1.29, 1.82) is 0 Å². The smallest absolute Gasteiger partial charge is 0.128 e. The van der Waals surface area contributed by atoms with Gasteiger partial charge in [0.2, 0.25) is 0 Å². The molecule has 4 fully saturated rings. The lowest BCUT2D eigenvalue weighted by Crippen LogP contribution is -2.60. The Kier molecular flexibility index (Phi) is 4.81. The zero-order chi connectivity index (χ0) is 19.1. The number of methoxy groups -OCH3 is 1. The number of hydrogen-bond acceptors (Lipinski definition) is 5. The summed E-state index contributed by atoms with van der Waals surface area (Å²) in [5, 5.41) is 0. The quantitative estimate of drug-likeness (QED) is 0.800. The predicted octanol–water partition coefficient (Wildman–Crippen LogP) is 3.11. The maximum atomic E-state index is 5.74. The van der Waals surface area contributed by atoms with Crippen LogP contribution in [0.5, 0.6) is 5.75 Å². The van der Waals surface area contributed by atoms with Gasteiger partial charge in [-0.15, -0.1) is 0 Å². The van der Waals surface area contributed by atoms with Crippen LogP contribution in [-0.2, 0) is 13.0 Å². The van der Waals surface area contributed by atoms with Gasteiger partial charge in [-0.25, -0.2) is 9.97 Å². The van der Waals surface area contributed by atoms with Gasteiger partial charge < -0.3 is 4.74 Å². The average molecular weight is 379 g/mol. The van der Waals surface area contributed by atoms with Gasteiger partial charge in [0, 0.05) is 49.3 Å². The number of nitrogens with zero attached hydrogens (tertiary/aromatic N) is 4. The van der Waals surface area contributed by atoms with Crippen LogP contribution in [0.4, 0.5) is 0 Å². The lowest BCUT2D eigenvalue weighted by molar-refractivity contribution is -0.00910. The van der Waals surface area contributed by atoms with E-state index in [0.717, 1.165) is 42.7 Å². The topological polar surface area (TPSA) is 41.5 Å². The van der Waals surface area contributed by atoms with Crippen molar-refractivity contribution < 1.29 is 4.74 Å². The van der Waals surface area contributed by atoms with Gasteiger partial charge in [0.1, 0.15) is 11.6 Å². The van der Waals surface area contributed by atoms with Gasteiger partial charge in [0.05, 0.1) is 12.8 Å². The highest BCUT2D eigenvalue weighted by atomic mass is 16.5. The third-order valence-electron chi connectivity index (χ3n) is 7.08. The Labute approximate surface area is 167 Å². The first kappa shape index (κ1) is 18.1. The van der Waals surface area contributed by atoms with Crippen LogP contribution in [0.1, 0.15) is 42.8 Å². The molecule has 4 aliphatic rings. The van der Waals surface area contributed by atoms with Gasteiger partial charge in [-0.1, -0.05) is 25.1 Å². The minimum atomic E-state index is 0.497. The Morgan fingerprint density at radius 3 is 2.71 bits per heavy atom. The predicted molar refractivity (Wildman–Crippen MR) is 109 cm³/mol. The second-order valence-electron chi connectivity index (χ2n) is 8.45. The second-order valence-corrected chi connectivity index (χ2v) is 8.45. The molecule has 0 spiro atoms. The maximum Gasteiger partial charge on any atom is 0.128 e. The summed E-state index contributed by atoms with van der Waals surface area (Å²) in [7, 11) is 1.80. The van der Waals surface area contributed by atoms with Gasteiger partial charge in [-0.3, -0.25) is 9.80 Å². The van der Waals surface area contributed by atoms with E-state index in [0.29, 0.717) is 18.0 Å². The molecule has 0 unspecified atom stereocenters. The lowest BCUT2D eigenvalue weighted by Gasteiger charge is -2.51. The SMILES string of the molecule is CCc1nccc(CN2C[C@H](c3ccccc3OC)[C@@H]3[C@H]2C2CCN3CC2)n1. The molecule has 148 valence electrons. The van der Waals surface area contributed by atoms with E-state index in [1.165, 1.54) is 31.5 Å². The fourth-order valence-corrected chi connectivity index (χ4v) is 5.88.